The van der Waals surface area contributed by atoms with Gasteiger partial charge in [-0.2, -0.15) is 0 Å². The summed E-state index contributed by atoms with van der Waals surface area (Å²) < 4.78 is 66.9. The number of amides is 1. The number of fused-ring (bicyclic) bond motifs is 3. The van der Waals surface area contributed by atoms with Gasteiger partial charge in [-0.1, -0.05) is 11.6 Å². The maximum atomic E-state index is 13.5. The molecule has 2 bridgehead atoms. The van der Waals surface area contributed by atoms with E-state index < -0.39 is 61.9 Å². The smallest absolute Gasteiger partial charge is 0.335 e. The van der Waals surface area contributed by atoms with E-state index in [0.29, 0.717) is 25.0 Å². The lowest BCUT2D eigenvalue weighted by atomic mass is 9.62. The summed E-state index contributed by atoms with van der Waals surface area (Å²) in [4.78, 5) is 23.8. The van der Waals surface area contributed by atoms with Gasteiger partial charge in [0.25, 0.3) is 5.91 Å². The van der Waals surface area contributed by atoms with E-state index in [1.165, 1.54) is 12.1 Å². The summed E-state index contributed by atoms with van der Waals surface area (Å²) >= 11 is 6.14. The van der Waals surface area contributed by atoms with Crippen molar-refractivity contribution >= 4 is 39.0 Å². The quantitative estimate of drug-likeness (QED) is 0.519. The molecule has 3 aliphatic rings. The van der Waals surface area contributed by atoms with Gasteiger partial charge in [0, 0.05) is 23.4 Å². The highest BCUT2D eigenvalue weighted by Gasteiger charge is 2.57. The number of carboxylic acids is 1. The number of hydrogen-bond donors (Lipinski definition) is 3. The topological polar surface area (TPSA) is 121 Å². The summed E-state index contributed by atoms with van der Waals surface area (Å²) in [6.45, 7) is 0. The molecule has 3 N–H and O–H groups in total. The third kappa shape index (κ3) is 4.05. The lowest BCUT2D eigenvalue weighted by Crippen LogP contribution is -2.58. The molecule has 34 heavy (non-hydrogen) atoms. The van der Waals surface area contributed by atoms with E-state index in [9.17, 15) is 41.4 Å². The summed E-state index contributed by atoms with van der Waals surface area (Å²) in [7, 11) is -4.13. The van der Waals surface area contributed by atoms with E-state index in [-0.39, 0.29) is 34.0 Å². The summed E-state index contributed by atoms with van der Waals surface area (Å²) in [5.41, 5.74) is -2.55. The van der Waals surface area contributed by atoms with Crippen molar-refractivity contribution in [3.8, 4) is 0 Å². The van der Waals surface area contributed by atoms with Crippen LogP contribution in [0, 0.1) is 29.3 Å². The molecule has 5 rings (SSSR count). The van der Waals surface area contributed by atoms with Gasteiger partial charge in [0.1, 0.15) is 0 Å². The average molecular weight is 518 g/mol. The molecule has 0 aliphatic heterocycles. The average Bonchev–Trinajstić information content (AvgIpc) is 2.77. The normalized spacial score (nSPS) is 26.3. The van der Waals surface area contributed by atoms with Crippen molar-refractivity contribution in [2.45, 2.75) is 41.4 Å². The number of anilines is 1. The number of hydrogen-bond acceptors (Lipinski definition) is 5. The summed E-state index contributed by atoms with van der Waals surface area (Å²) in [6.07, 6.45) is 0.511. The van der Waals surface area contributed by atoms with Crippen molar-refractivity contribution < 1.29 is 41.4 Å². The molecular weight excluding hydrogens is 499 g/mol. The fraction of sp³-hybridized carbons (Fsp3) is 0.364. The predicted octanol–water partition coefficient (Wildman–Crippen LogP) is 3.79. The first-order chi connectivity index (χ1) is 15.8. The standard InChI is InChI=1S/C22H19ClF3NO6S/c23-14-4-2-10(20(28)27-13-7-15(24)19(26)16(25)8-13)5-18(14)34(32,33)17-6-12-3-1-11(17)9-22(12,31)21(29)30/h2,4-5,7-8,11-12,17,31H,1,3,6,9H2,(H,27,28)(H,29,30)/t11?,12?,17?,22-/m1/s1. The molecule has 4 atom stereocenters. The Morgan fingerprint density at radius 2 is 1.74 bits per heavy atom. The molecule has 3 saturated carbocycles. The third-order valence-electron chi connectivity index (χ3n) is 6.69. The molecule has 2 aromatic carbocycles. The molecular formula is C22H19ClF3NO6S. The van der Waals surface area contributed by atoms with Gasteiger partial charge < -0.3 is 15.5 Å². The summed E-state index contributed by atoms with van der Waals surface area (Å²) in [5, 5.41) is 20.9. The van der Waals surface area contributed by atoms with Crippen LogP contribution < -0.4 is 5.32 Å². The number of aliphatic hydroxyl groups is 1. The number of rotatable bonds is 5. The number of sulfone groups is 1. The Bertz CT molecular complexity index is 1280. The van der Waals surface area contributed by atoms with E-state index in [1.807, 2.05) is 0 Å². The first kappa shape index (κ1) is 24.5. The fourth-order valence-corrected chi connectivity index (χ4v) is 7.55. The van der Waals surface area contributed by atoms with Crippen LogP contribution in [0.1, 0.15) is 36.0 Å². The Labute approximate surface area is 197 Å². The first-order valence-corrected chi connectivity index (χ1v) is 12.2. The van der Waals surface area contributed by atoms with Crippen molar-refractivity contribution in [1.82, 2.24) is 0 Å². The zero-order chi connectivity index (χ0) is 25.0. The lowest BCUT2D eigenvalue weighted by molar-refractivity contribution is -0.177. The number of aliphatic carboxylic acids is 1. The Morgan fingerprint density at radius 1 is 1.09 bits per heavy atom. The zero-order valence-electron chi connectivity index (χ0n) is 17.4. The highest BCUT2D eigenvalue weighted by molar-refractivity contribution is 7.92. The third-order valence-corrected chi connectivity index (χ3v) is 9.45. The Kier molecular flexibility index (Phi) is 6.16. The van der Waals surface area contributed by atoms with Gasteiger partial charge in [0.05, 0.1) is 15.2 Å². The first-order valence-electron chi connectivity index (χ1n) is 10.3. The molecule has 0 radical (unpaired) electrons. The largest absolute Gasteiger partial charge is 0.479 e. The van der Waals surface area contributed by atoms with Crippen LogP contribution in [0.2, 0.25) is 5.02 Å². The van der Waals surface area contributed by atoms with E-state index in [2.05, 4.69) is 5.32 Å². The van der Waals surface area contributed by atoms with Gasteiger partial charge >= 0.3 is 5.97 Å². The highest BCUT2D eigenvalue weighted by atomic mass is 35.5. The maximum absolute atomic E-state index is 13.5. The maximum Gasteiger partial charge on any atom is 0.335 e. The fourth-order valence-electron chi connectivity index (χ4n) is 4.92. The Balaban J connectivity index is 1.62. The SMILES string of the molecule is O=C(Nc1cc(F)c(F)c(F)c1)c1ccc(Cl)c(S(=O)(=O)C2CC3CCC2C[C@]3(O)C(=O)O)c1. The molecule has 182 valence electrons. The molecule has 12 heteroatoms. The number of carbonyl (C=O) groups excluding carboxylic acids is 1. The predicted molar refractivity (Wildman–Crippen MR) is 115 cm³/mol. The minimum Gasteiger partial charge on any atom is -0.479 e. The molecule has 3 aliphatic carbocycles. The molecule has 0 saturated heterocycles. The molecule has 0 spiro atoms. The second-order valence-corrected chi connectivity index (χ2v) is 11.2. The van der Waals surface area contributed by atoms with Crippen molar-refractivity contribution in [3.05, 3.63) is 58.4 Å². The monoisotopic (exact) mass is 517 g/mol. The molecule has 0 heterocycles. The van der Waals surface area contributed by atoms with Gasteiger partial charge in [-0.25, -0.2) is 26.4 Å². The molecule has 3 fully saturated rings. The zero-order valence-corrected chi connectivity index (χ0v) is 19.0. The molecule has 7 nitrogen and oxygen atoms in total. The van der Waals surface area contributed by atoms with E-state index in [0.717, 1.165) is 6.07 Å². The molecule has 0 aromatic heterocycles. The van der Waals surface area contributed by atoms with Crippen LogP contribution in [-0.4, -0.2) is 41.4 Å². The molecule has 1 amide bonds. The van der Waals surface area contributed by atoms with Gasteiger partial charge in [0.2, 0.25) is 0 Å². The number of carbonyl (C=O) groups is 2. The van der Waals surface area contributed by atoms with Crippen molar-refractivity contribution in [1.29, 1.82) is 0 Å². The van der Waals surface area contributed by atoms with Crippen LogP contribution >= 0.6 is 11.6 Å². The van der Waals surface area contributed by atoms with Crippen LogP contribution in [0.4, 0.5) is 18.9 Å². The van der Waals surface area contributed by atoms with Crippen LogP contribution in [0.15, 0.2) is 35.2 Å². The summed E-state index contributed by atoms with van der Waals surface area (Å²) in [5.74, 6) is -8.38. The Hall–Kier alpha value is -2.63. The number of carboxylic acid groups (broad SMARTS) is 1. The van der Waals surface area contributed by atoms with E-state index >= 15 is 0 Å². The van der Waals surface area contributed by atoms with Gasteiger partial charge in [-0.15, -0.1) is 0 Å². The molecule has 3 unspecified atom stereocenters. The highest BCUT2D eigenvalue weighted by Crippen LogP contribution is 2.51. The minimum atomic E-state index is -4.13. The van der Waals surface area contributed by atoms with Crippen LogP contribution in [0.3, 0.4) is 0 Å². The number of nitrogens with one attached hydrogen (secondary N) is 1. The van der Waals surface area contributed by atoms with Gasteiger partial charge in [-0.3, -0.25) is 4.79 Å². The number of halogens is 4. The second-order valence-electron chi connectivity index (χ2n) is 8.64. The van der Waals surface area contributed by atoms with Crippen molar-refractivity contribution in [2.24, 2.45) is 11.8 Å². The summed E-state index contributed by atoms with van der Waals surface area (Å²) in [6, 6.07) is 4.57. The minimum absolute atomic E-state index is 0.0727. The second kappa shape index (κ2) is 8.54. The van der Waals surface area contributed by atoms with Crippen LogP contribution in [0.25, 0.3) is 0 Å². The number of benzene rings is 2. The van der Waals surface area contributed by atoms with E-state index in [1.54, 1.807) is 0 Å². The Morgan fingerprint density at radius 3 is 2.29 bits per heavy atom. The molecule has 2 aromatic rings. The van der Waals surface area contributed by atoms with Gasteiger partial charge in [-0.05, 0) is 55.7 Å². The van der Waals surface area contributed by atoms with Crippen molar-refractivity contribution in [2.75, 3.05) is 5.32 Å². The van der Waals surface area contributed by atoms with Gasteiger partial charge in [0.15, 0.2) is 32.9 Å². The van der Waals surface area contributed by atoms with Crippen molar-refractivity contribution in [3.63, 3.8) is 0 Å². The lowest BCUT2D eigenvalue weighted by Gasteiger charge is -2.49. The van der Waals surface area contributed by atoms with Crippen LogP contribution in [-0.2, 0) is 14.6 Å². The van der Waals surface area contributed by atoms with E-state index in [4.69, 9.17) is 11.6 Å². The van der Waals surface area contributed by atoms with Crippen LogP contribution in [0.5, 0.6) is 0 Å².